The predicted octanol–water partition coefficient (Wildman–Crippen LogP) is 5.07. The molecular weight excluding hydrogens is 254 g/mol. The topological polar surface area (TPSA) is 12.0 Å². The molecular formula is C20H29N. The van der Waals surface area contributed by atoms with Crippen molar-refractivity contribution in [2.45, 2.75) is 39.7 Å². The maximum Gasteiger partial charge on any atom is 0.0202 e. The number of nitrogens with one attached hydrogen (secondary N) is 1. The second kappa shape index (κ2) is 11.1. The van der Waals surface area contributed by atoms with Gasteiger partial charge in [-0.2, -0.15) is 0 Å². The van der Waals surface area contributed by atoms with E-state index in [1.807, 2.05) is 25.2 Å². The van der Waals surface area contributed by atoms with E-state index in [1.165, 1.54) is 30.4 Å². The third-order valence-corrected chi connectivity index (χ3v) is 3.31. The summed E-state index contributed by atoms with van der Waals surface area (Å²) in [5.74, 6) is 0.841. The van der Waals surface area contributed by atoms with Gasteiger partial charge in [-0.3, -0.25) is 0 Å². The number of rotatable bonds is 6. The molecule has 0 heterocycles. The summed E-state index contributed by atoms with van der Waals surface area (Å²) in [4.78, 5) is 0. The maximum atomic E-state index is 3.08. The summed E-state index contributed by atoms with van der Waals surface area (Å²) in [7, 11) is 1.95. The number of hydrogen-bond acceptors (Lipinski definition) is 1. The Labute approximate surface area is 130 Å². The molecule has 2 aromatic carbocycles. The first-order valence-electron chi connectivity index (χ1n) is 7.94. The van der Waals surface area contributed by atoms with E-state index in [-0.39, 0.29) is 0 Å². The van der Waals surface area contributed by atoms with Crippen molar-refractivity contribution in [1.29, 1.82) is 0 Å². The molecule has 0 saturated heterocycles. The monoisotopic (exact) mass is 283 g/mol. The fourth-order valence-corrected chi connectivity index (χ4v) is 2.16. The van der Waals surface area contributed by atoms with Gasteiger partial charge >= 0.3 is 0 Å². The molecule has 0 aromatic heterocycles. The van der Waals surface area contributed by atoms with Gasteiger partial charge in [0.15, 0.2) is 0 Å². The molecule has 0 amide bonds. The number of hydrogen-bond donors (Lipinski definition) is 1. The normalized spacial score (nSPS) is 10.1. The summed E-state index contributed by atoms with van der Waals surface area (Å²) >= 11 is 0. The van der Waals surface area contributed by atoms with Gasteiger partial charge in [-0.25, -0.2) is 0 Å². The average molecular weight is 283 g/mol. The van der Waals surface area contributed by atoms with Crippen molar-refractivity contribution in [3.8, 4) is 0 Å². The lowest BCUT2D eigenvalue weighted by atomic mass is 10.0. The molecule has 0 aliphatic rings. The molecule has 0 bridgehead atoms. The van der Waals surface area contributed by atoms with E-state index in [4.69, 9.17) is 0 Å². The van der Waals surface area contributed by atoms with E-state index in [1.54, 1.807) is 0 Å². The minimum Gasteiger partial charge on any atom is -0.316 e. The lowest BCUT2D eigenvalue weighted by Gasteiger charge is -2.03. The van der Waals surface area contributed by atoms with Crippen LogP contribution in [0.4, 0.5) is 0 Å². The highest BCUT2D eigenvalue weighted by Gasteiger charge is 1.94. The van der Waals surface area contributed by atoms with Crippen molar-refractivity contribution in [3.05, 3.63) is 71.8 Å². The van der Waals surface area contributed by atoms with Gasteiger partial charge < -0.3 is 5.32 Å². The smallest absolute Gasteiger partial charge is 0.0202 e. The van der Waals surface area contributed by atoms with Gasteiger partial charge in [0.2, 0.25) is 0 Å². The Balaban J connectivity index is 0.000000219. The Morgan fingerprint density at radius 3 is 1.81 bits per heavy atom. The van der Waals surface area contributed by atoms with Crippen LogP contribution in [0.3, 0.4) is 0 Å². The van der Waals surface area contributed by atoms with Gasteiger partial charge in [-0.05, 0) is 36.9 Å². The maximum absolute atomic E-state index is 3.08. The molecule has 0 saturated carbocycles. The Hall–Kier alpha value is -1.60. The van der Waals surface area contributed by atoms with Crippen molar-refractivity contribution in [2.75, 3.05) is 7.05 Å². The van der Waals surface area contributed by atoms with Gasteiger partial charge in [-0.15, -0.1) is 0 Å². The molecule has 0 spiro atoms. The molecule has 21 heavy (non-hydrogen) atoms. The Morgan fingerprint density at radius 2 is 1.33 bits per heavy atom. The SMILES string of the molecule is CC(C)CCCc1ccccc1.CNCc1ccccc1. The van der Waals surface area contributed by atoms with Crippen LogP contribution >= 0.6 is 0 Å². The summed E-state index contributed by atoms with van der Waals surface area (Å²) in [5.41, 5.74) is 2.80. The lowest BCUT2D eigenvalue weighted by Crippen LogP contribution is -2.04. The summed E-state index contributed by atoms with van der Waals surface area (Å²) in [6, 6.07) is 21.1. The van der Waals surface area contributed by atoms with E-state index in [0.717, 1.165) is 12.5 Å². The molecule has 0 unspecified atom stereocenters. The summed E-state index contributed by atoms with van der Waals surface area (Å²) in [5, 5.41) is 3.08. The van der Waals surface area contributed by atoms with Crippen LogP contribution in [0.15, 0.2) is 60.7 Å². The molecule has 0 atom stereocenters. The highest BCUT2D eigenvalue weighted by Crippen LogP contribution is 2.09. The fraction of sp³-hybridized carbons (Fsp3) is 0.400. The summed E-state index contributed by atoms with van der Waals surface area (Å²) in [6.07, 6.45) is 3.90. The van der Waals surface area contributed by atoms with E-state index in [2.05, 4.69) is 61.6 Å². The minimum atomic E-state index is 0.841. The van der Waals surface area contributed by atoms with Crippen molar-refractivity contribution < 1.29 is 0 Å². The van der Waals surface area contributed by atoms with Crippen LogP contribution in [0.25, 0.3) is 0 Å². The molecule has 0 fully saturated rings. The molecule has 2 rings (SSSR count). The highest BCUT2D eigenvalue weighted by molar-refractivity contribution is 5.14. The van der Waals surface area contributed by atoms with Crippen LogP contribution in [-0.4, -0.2) is 7.05 Å². The highest BCUT2D eigenvalue weighted by atomic mass is 14.8. The van der Waals surface area contributed by atoms with Crippen molar-refractivity contribution in [2.24, 2.45) is 5.92 Å². The van der Waals surface area contributed by atoms with Crippen LogP contribution in [0.5, 0.6) is 0 Å². The zero-order valence-corrected chi connectivity index (χ0v) is 13.7. The molecule has 0 radical (unpaired) electrons. The Morgan fingerprint density at radius 1 is 0.810 bits per heavy atom. The Bertz CT molecular complexity index is 448. The number of benzene rings is 2. The third-order valence-electron chi connectivity index (χ3n) is 3.31. The number of aryl methyl sites for hydroxylation is 1. The first-order chi connectivity index (χ1) is 10.2. The van der Waals surface area contributed by atoms with E-state index in [0.29, 0.717) is 0 Å². The zero-order chi connectivity index (χ0) is 15.3. The second-order valence-corrected chi connectivity index (χ2v) is 5.79. The average Bonchev–Trinajstić information content (AvgIpc) is 2.50. The van der Waals surface area contributed by atoms with Crippen molar-refractivity contribution >= 4 is 0 Å². The van der Waals surface area contributed by atoms with Crippen LogP contribution in [0, 0.1) is 5.92 Å². The third kappa shape index (κ3) is 9.04. The van der Waals surface area contributed by atoms with Crippen LogP contribution in [0.2, 0.25) is 0 Å². The van der Waals surface area contributed by atoms with Crippen LogP contribution in [-0.2, 0) is 13.0 Å². The fourth-order valence-electron chi connectivity index (χ4n) is 2.16. The lowest BCUT2D eigenvalue weighted by molar-refractivity contribution is 0.556. The molecule has 0 aliphatic carbocycles. The van der Waals surface area contributed by atoms with Gasteiger partial charge in [0, 0.05) is 6.54 Å². The van der Waals surface area contributed by atoms with Gasteiger partial charge in [0.05, 0.1) is 0 Å². The molecule has 2 aromatic rings. The molecule has 1 N–H and O–H groups in total. The molecule has 114 valence electrons. The minimum absolute atomic E-state index is 0.841. The van der Waals surface area contributed by atoms with Crippen LogP contribution < -0.4 is 5.32 Å². The zero-order valence-electron chi connectivity index (χ0n) is 13.7. The van der Waals surface area contributed by atoms with Crippen molar-refractivity contribution in [1.82, 2.24) is 5.32 Å². The van der Waals surface area contributed by atoms with E-state index >= 15 is 0 Å². The van der Waals surface area contributed by atoms with E-state index in [9.17, 15) is 0 Å². The molecule has 1 heteroatoms. The predicted molar refractivity (Wildman–Crippen MR) is 93.4 cm³/mol. The van der Waals surface area contributed by atoms with Crippen molar-refractivity contribution in [3.63, 3.8) is 0 Å². The van der Waals surface area contributed by atoms with Gasteiger partial charge in [0.1, 0.15) is 0 Å². The Kier molecular flexibility index (Phi) is 9.23. The van der Waals surface area contributed by atoms with Gasteiger partial charge in [-0.1, -0.05) is 80.9 Å². The summed E-state index contributed by atoms with van der Waals surface area (Å²) in [6.45, 7) is 5.52. The quantitative estimate of drug-likeness (QED) is 0.780. The largest absolute Gasteiger partial charge is 0.316 e. The first-order valence-corrected chi connectivity index (χ1v) is 7.94. The molecule has 1 nitrogen and oxygen atoms in total. The first kappa shape index (κ1) is 17.5. The standard InChI is InChI=1S/C12H18.C8H11N/c1-11(2)7-6-10-12-8-4-3-5-9-12;1-9-7-8-5-3-2-4-6-8/h3-5,8-9,11H,6-7,10H2,1-2H3;2-6,9H,7H2,1H3. The van der Waals surface area contributed by atoms with E-state index < -0.39 is 0 Å². The summed E-state index contributed by atoms with van der Waals surface area (Å²) < 4.78 is 0. The van der Waals surface area contributed by atoms with Gasteiger partial charge in [0.25, 0.3) is 0 Å². The van der Waals surface area contributed by atoms with Crippen LogP contribution in [0.1, 0.15) is 37.8 Å². The second-order valence-electron chi connectivity index (χ2n) is 5.79. The molecule has 0 aliphatic heterocycles.